The van der Waals surface area contributed by atoms with E-state index in [9.17, 15) is 9.59 Å². The molecule has 0 fully saturated rings. The summed E-state index contributed by atoms with van der Waals surface area (Å²) in [5.41, 5.74) is 1.47. The maximum atomic E-state index is 12.5. The molecule has 1 atom stereocenters. The molecule has 2 aromatic heterocycles. The number of aromatic nitrogens is 2. The zero-order valence-corrected chi connectivity index (χ0v) is 17.0. The van der Waals surface area contributed by atoms with Crippen LogP contribution in [-0.2, 0) is 9.53 Å². The number of ether oxygens (including phenoxy) is 1. The minimum atomic E-state index is -0.539. The average molecular weight is 398 g/mol. The number of amides is 1. The molecule has 0 saturated carbocycles. The number of hydrogen-bond acceptors (Lipinski definition) is 7. The first-order chi connectivity index (χ1) is 13.4. The summed E-state index contributed by atoms with van der Waals surface area (Å²) in [4.78, 5) is 34.8. The van der Waals surface area contributed by atoms with Gasteiger partial charge in [-0.3, -0.25) is 4.79 Å². The Morgan fingerprint density at radius 1 is 1.18 bits per heavy atom. The number of para-hydroxylation sites is 1. The van der Waals surface area contributed by atoms with Crippen molar-refractivity contribution in [3.8, 4) is 0 Å². The fraction of sp³-hybridized carbons (Fsp3) is 0.300. The molecule has 8 heteroatoms. The Kier molecular flexibility index (Phi) is 5.89. The number of nitrogens with zero attached hydrogens (tertiary/aromatic N) is 2. The van der Waals surface area contributed by atoms with E-state index in [0.29, 0.717) is 28.0 Å². The van der Waals surface area contributed by atoms with E-state index in [4.69, 9.17) is 4.74 Å². The van der Waals surface area contributed by atoms with Gasteiger partial charge in [0.15, 0.2) is 0 Å². The average Bonchev–Trinajstić information content (AvgIpc) is 2.99. The van der Waals surface area contributed by atoms with Crippen LogP contribution in [0, 0.1) is 13.8 Å². The Balaban J connectivity index is 1.89. The van der Waals surface area contributed by atoms with Crippen molar-refractivity contribution in [1.82, 2.24) is 9.97 Å². The number of rotatable bonds is 6. The molecule has 3 aromatic rings. The second-order valence-electron chi connectivity index (χ2n) is 6.30. The van der Waals surface area contributed by atoms with Crippen LogP contribution in [0.4, 0.5) is 11.5 Å². The molecule has 1 amide bonds. The van der Waals surface area contributed by atoms with Crippen molar-refractivity contribution in [2.45, 2.75) is 33.7 Å². The number of esters is 1. The second kappa shape index (κ2) is 8.35. The lowest BCUT2D eigenvalue weighted by Crippen LogP contribution is -2.32. The summed E-state index contributed by atoms with van der Waals surface area (Å²) in [6.07, 6.45) is 0. The first-order valence-corrected chi connectivity index (χ1v) is 9.79. The van der Waals surface area contributed by atoms with E-state index in [0.717, 1.165) is 16.6 Å². The Labute approximate surface area is 167 Å². The molecule has 0 spiro atoms. The normalized spacial score (nSPS) is 11.9. The summed E-state index contributed by atoms with van der Waals surface area (Å²) in [6.45, 7) is 7.45. The van der Waals surface area contributed by atoms with Gasteiger partial charge >= 0.3 is 5.97 Å². The molecule has 3 rings (SSSR count). The number of benzene rings is 1. The third-order valence-electron chi connectivity index (χ3n) is 4.15. The summed E-state index contributed by atoms with van der Waals surface area (Å²) in [7, 11) is 0. The highest BCUT2D eigenvalue weighted by molar-refractivity contribution is 7.20. The van der Waals surface area contributed by atoms with E-state index < -0.39 is 6.04 Å². The standard InChI is InChI=1S/C20H22N4O3S/c1-5-27-20(26)16-11(2)15-17(22-13(4)23-19(15)28-16)21-12(3)18(25)24-14-9-7-6-8-10-14/h6-10,12H,5H2,1-4H3,(H,24,25)(H,21,22,23). The van der Waals surface area contributed by atoms with E-state index in [1.165, 1.54) is 11.3 Å². The van der Waals surface area contributed by atoms with Gasteiger partial charge in [-0.1, -0.05) is 18.2 Å². The van der Waals surface area contributed by atoms with Crippen molar-refractivity contribution in [3.05, 3.63) is 46.6 Å². The minimum Gasteiger partial charge on any atom is -0.462 e. The molecule has 2 heterocycles. The molecule has 2 N–H and O–H groups in total. The largest absolute Gasteiger partial charge is 0.462 e. The topological polar surface area (TPSA) is 93.2 Å². The zero-order valence-electron chi connectivity index (χ0n) is 16.2. The van der Waals surface area contributed by atoms with E-state index in [1.54, 1.807) is 20.8 Å². The highest BCUT2D eigenvalue weighted by Crippen LogP contribution is 2.34. The molecule has 0 aliphatic heterocycles. The van der Waals surface area contributed by atoms with Crippen LogP contribution in [0.1, 0.15) is 34.9 Å². The minimum absolute atomic E-state index is 0.186. The van der Waals surface area contributed by atoms with Crippen LogP contribution >= 0.6 is 11.3 Å². The highest BCUT2D eigenvalue weighted by atomic mass is 32.1. The number of nitrogens with one attached hydrogen (secondary N) is 2. The summed E-state index contributed by atoms with van der Waals surface area (Å²) >= 11 is 1.27. The fourth-order valence-electron chi connectivity index (χ4n) is 2.78. The van der Waals surface area contributed by atoms with E-state index in [-0.39, 0.29) is 11.9 Å². The van der Waals surface area contributed by atoms with Crippen molar-refractivity contribution in [3.63, 3.8) is 0 Å². The van der Waals surface area contributed by atoms with Crippen molar-refractivity contribution in [1.29, 1.82) is 0 Å². The number of hydrogen-bond donors (Lipinski definition) is 2. The molecule has 1 aromatic carbocycles. The van der Waals surface area contributed by atoms with Crippen LogP contribution in [-0.4, -0.2) is 34.5 Å². The predicted octanol–water partition coefficient (Wildman–Crippen LogP) is 3.92. The van der Waals surface area contributed by atoms with Gasteiger partial charge in [-0.25, -0.2) is 14.8 Å². The van der Waals surface area contributed by atoms with E-state index >= 15 is 0 Å². The van der Waals surface area contributed by atoms with Gasteiger partial charge in [-0.15, -0.1) is 11.3 Å². The zero-order chi connectivity index (χ0) is 20.3. The van der Waals surface area contributed by atoms with Gasteiger partial charge in [0.1, 0.15) is 27.4 Å². The number of aryl methyl sites for hydroxylation is 2. The van der Waals surface area contributed by atoms with Crippen LogP contribution in [0.5, 0.6) is 0 Å². The van der Waals surface area contributed by atoms with Crippen molar-refractivity contribution < 1.29 is 14.3 Å². The monoisotopic (exact) mass is 398 g/mol. The lowest BCUT2D eigenvalue weighted by molar-refractivity contribution is -0.116. The quantitative estimate of drug-likeness (QED) is 0.611. The van der Waals surface area contributed by atoms with Gasteiger partial charge in [-0.2, -0.15) is 0 Å². The molecular weight excluding hydrogens is 376 g/mol. The summed E-state index contributed by atoms with van der Waals surface area (Å²) < 4.78 is 5.13. The second-order valence-corrected chi connectivity index (χ2v) is 7.30. The molecule has 0 radical (unpaired) electrons. The first-order valence-electron chi connectivity index (χ1n) is 8.98. The van der Waals surface area contributed by atoms with Crippen LogP contribution in [0.15, 0.2) is 30.3 Å². The Morgan fingerprint density at radius 2 is 1.89 bits per heavy atom. The van der Waals surface area contributed by atoms with Crippen molar-refractivity contribution >= 4 is 44.9 Å². The van der Waals surface area contributed by atoms with Gasteiger partial charge < -0.3 is 15.4 Å². The Hall–Kier alpha value is -3.00. The van der Waals surface area contributed by atoms with Gasteiger partial charge in [0.25, 0.3) is 0 Å². The van der Waals surface area contributed by atoms with E-state index in [1.807, 2.05) is 37.3 Å². The van der Waals surface area contributed by atoms with Crippen molar-refractivity contribution in [2.75, 3.05) is 17.2 Å². The predicted molar refractivity (Wildman–Crippen MR) is 111 cm³/mol. The molecule has 0 aliphatic carbocycles. The molecule has 28 heavy (non-hydrogen) atoms. The molecule has 146 valence electrons. The third kappa shape index (κ3) is 4.12. The van der Waals surface area contributed by atoms with Crippen LogP contribution < -0.4 is 10.6 Å². The number of carbonyl (C=O) groups is 2. The third-order valence-corrected chi connectivity index (χ3v) is 5.32. The number of carbonyl (C=O) groups excluding carboxylic acids is 2. The molecule has 1 unspecified atom stereocenters. The van der Waals surface area contributed by atoms with Gasteiger partial charge in [0.2, 0.25) is 5.91 Å². The maximum absolute atomic E-state index is 12.5. The van der Waals surface area contributed by atoms with E-state index in [2.05, 4.69) is 20.6 Å². The van der Waals surface area contributed by atoms with Gasteiger partial charge in [0, 0.05) is 5.69 Å². The molecule has 0 aliphatic rings. The highest BCUT2D eigenvalue weighted by Gasteiger charge is 2.23. The fourth-order valence-corrected chi connectivity index (χ4v) is 3.90. The van der Waals surface area contributed by atoms with Crippen LogP contribution in [0.25, 0.3) is 10.2 Å². The lowest BCUT2D eigenvalue weighted by atomic mass is 10.2. The Bertz CT molecular complexity index is 1020. The van der Waals surface area contributed by atoms with Crippen LogP contribution in [0.2, 0.25) is 0 Å². The SMILES string of the molecule is CCOC(=O)c1sc2nc(C)nc(NC(C)C(=O)Nc3ccccc3)c2c1C. The van der Waals surface area contributed by atoms with Crippen molar-refractivity contribution in [2.24, 2.45) is 0 Å². The number of fused-ring (bicyclic) bond motifs is 1. The Morgan fingerprint density at radius 3 is 2.57 bits per heavy atom. The van der Waals surface area contributed by atoms with Gasteiger partial charge in [0.05, 0.1) is 12.0 Å². The number of thiophene rings is 1. The molecule has 7 nitrogen and oxygen atoms in total. The lowest BCUT2D eigenvalue weighted by Gasteiger charge is -2.16. The maximum Gasteiger partial charge on any atom is 0.348 e. The smallest absolute Gasteiger partial charge is 0.348 e. The summed E-state index contributed by atoms with van der Waals surface area (Å²) in [6, 6.07) is 8.72. The molecule has 0 saturated heterocycles. The summed E-state index contributed by atoms with van der Waals surface area (Å²) in [5, 5.41) is 6.76. The molecule has 0 bridgehead atoms. The summed E-state index contributed by atoms with van der Waals surface area (Å²) in [5.74, 6) is 0.528. The van der Waals surface area contributed by atoms with Crippen LogP contribution in [0.3, 0.4) is 0 Å². The first kappa shape index (κ1) is 19.8. The number of anilines is 2. The molecular formula is C20H22N4O3S. The van der Waals surface area contributed by atoms with Gasteiger partial charge in [-0.05, 0) is 45.4 Å².